The highest BCUT2D eigenvalue weighted by molar-refractivity contribution is 7.26. The Balaban J connectivity index is 0.00000225. The van der Waals surface area contributed by atoms with Gasteiger partial charge in [0, 0.05) is 0 Å². The molecule has 92 valence electrons. The molecule has 0 aliphatic rings. The molecule has 0 saturated heterocycles. The molecule has 0 heterocycles. The zero-order chi connectivity index (χ0) is 11.3. The van der Waals surface area contributed by atoms with E-state index in [0.717, 1.165) is 17.7 Å². The van der Waals surface area contributed by atoms with Gasteiger partial charge < -0.3 is 9.05 Å². The molecule has 0 fully saturated rings. The monoisotopic (exact) mass is 262 g/mol. The van der Waals surface area contributed by atoms with Gasteiger partial charge in [-0.2, -0.15) is 0 Å². The molecule has 1 aromatic carbocycles. The van der Waals surface area contributed by atoms with Gasteiger partial charge >= 0.3 is 0 Å². The molecule has 1 atom stereocenters. The summed E-state index contributed by atoms with van der Waals surface area (Å²) in [6.45, 7) is 8.28. The second-order valence-electron chi connectivity index (χ2n) is 4.17. The van der Waals surface area contributed by atoms with Crippen molar-refractivity contribution in [1.82, 2.24) is 0 Å². The van der Waals surface area contributed by atoms with Crippen LogP contribution in [0.4, 0.5) is 0 Å². The van der Waals surface area contributed by atoms with Crippen LogP contribution in [0.5, 0.6) is 5.75 Å². The molecule has 0 radical (unpaired) electrons. The van der Waals surface area contributed by atoms with Gasteiger partial charge in [-0.3, -0.25) is 0 Å². The number of aryl methyl sites for hydroxylation is 1. The Morgan fingerprint density at radius 3 is 2.44 bits per heavy atom. The van der Waals surface area contributed by atoms with Crippen molar-refractivity contribution in [1.29, 1.82) is 0 Å². The first-order valence-corrected chi connectivity index (χ1v) is 6.02. The fraction of sp³-hybridized carbons (Fsp3) is 0.500. The number of rotatable bonds is 5. The molecule has 0 amide bonds. The second kappa shape index (κ2) is 7.11. The van der Waals surface area contributed by atoms with Gasteiger partial charge in [0.25, 0.3) is 0 Å². The third-order valence-electron chi connectivity index (χ3n) is 2.41. The van der Waals surface area contributed by atoms with E-state index >= 15 is 0 Å². The Bertz CT molecular complexity index is 316. The summed E-state index contributed by atoms with van der Waals surface area (Å²) in [6, 6.07) is 7.97. The van der Waals surface area contributed by atoms with Gasteiger partial charge in [-0.25, -0.2) is 0 Å². The Kier molecular flexibility index (Phi) is 6.98. The molecule has 16 heavy (non-hydrogen) atoms. The first-order chi connectivity index (χ1) is 7.05. The van der Waals surface area contributed by atoms with Gasteiger partial charge in [-0.15, -0.1) is 12.4 Å². The molecule has 0 aliphatic carbocycles. The van der Waals surface area contributed by atoms with E-state index in [4.69, 9.17) is 9.05 Å². The average molecular weight is 263 g/mol. The summed E-state index contributed by atoms with van der Waals surface area (Å²) in [5.74, 6) is 0.905. The maximum atomic E-state index is 5.64. The van der Waals surface area contributed by atoms with Crippen molar-refractivity contribution in [3.8, 4) is 5.75 Å². The Morgan fingerprint density at radius 1 is 1.25 bits per heavy atom. The molecule has 1 unspecified atom stereocenters. The third kappa shape index (κ3) is 5.16. The first kappa shape index (κ1) is 15.7. The lowest BCUT2D eigenvalue weighted by atomic mass is 10.1. The number of benzene rings is 1. The van der Waals surface area contributed by atoms with Crippen molar-refractivity contribution < 1.29 is 9.05 Å². The van der Waals surface area contributed by atoms with Crippen LogP contribution in [0, 0.1) is 6.92 Å². The fourth-order valence-electron chi connectivity index (χ4n) is 0.922. The quantitative estimate of drug-likeness (QED) is 0.727. The summed E-state index contributed by atoms with van der Waals surface area (Å²) in [7, 11) is 0.0643. The number of hydrogen-bond donors (Lipinski definition) is 0. The van der Waals surface area contributed by atoms with Gasteiger partial charge in [0.05, 0.1) is 5.60 Å². The molecule has 0 aromatic heterocycles. The van der Waals surface area contributed by atoms with Gasteiger partial charge in [0.15, 0.2) is 0 Å². The smallest absolute Gasteiger partial charge is 0.215 e. The summed E-state index contributed by atoms with van der Waals surface area (Å²) in [5.41, 5.74) is 1.05. The number of para-hydroxylation sites is 1. The predicted octanol–water partition coefficient (Wildman–Crippen LogP) is 4.51. The minimum atomic E-state index is -0.0961. The van der Waals surface area contributed by atoms with Crippen molar-refractivity contribution in [2.24, 2.45) is 0 Å². The molecule has 0 aliphatic heterocycles. The minimum absolute atomic E-state index is 0. The summed E-state index contributed by atoms with van der Waals surface area (Å²) in [4.78, 5) is 0. The van der Waals surface area contributed by atoms with E-state index in [1.807, 2.05) is 31.2 Å². The maximum Gasteiger partial charge on any atom is 0.215 e. The van der Waals surface area contributed by atoms with Gasteiger partial charge in [-0.05, 0) is 38.8 Å². The number of halogens is 1. The summed E-state index contributed by atoms with van der Waals surface area (Å²) >= 11 is 0. The highest BCUT2D eigenvalue weighted by atomic mass is 35.5. The largest absolute Gasteiger partial charge is 0.449 e. The summed E-state index contributed by atoms with van der Waals surface area (Å²) in [5, 5.41) is 0. The van der Waals surface area contributed by atoms with E-state index < -0.39 is 0 Å². The molecular formula is C12H20ClO2P. The molecule has 0 saturated carbocycles. The van der Waals surface area contributed by atoms with Crippen LogP contribution >= 0.6 is 21.4 Å². The molecule has 1 rings (SSSR count). The Labute approximate surface area is 106 Å². The lowest BCUT2D eigenvalue weighted by Crippen LogP contribution is -2.19. The van der Waals surface area contributed by atoms with Gasteiger partial charge in [0.2, 0.25) is 9.03 Å². The van der Waals surface area contributed by atoms with Crippen LogP contribution < -0.4 is 4.52 Å². The van der Waals surface area contributed by atoms with Crippen molar-refractivity contribution in [3.63, 3.8) is 0 Å². The topological polar surface area (TPSA) is 18.5 Å². The van der Waals surface area contributed by atoms with Crippen LogP contribution in [-0.2, 0) is 4.52 Å². The van der Waals surface area contributed by atoms with Crippen LogP contribution in [0.25, 0.3) is 0 Å². The van der Waals surface area contributed by atoms with E-state index in [1.165, 1.54) is 0 Å². The fourth-order valence-corrected chi connectivity index (χ4v) is 1.65. The van der Waals surface area contributed by atoms with E-state index in [0.29, 0.717) is 0 Å². The van der Waals surface area contributed by atoms with Crippen LogP contribution in [-0.4, -0.2) is 5.60 Å². The molecule has 4 heteroatoms. The lowest BCUT2D eigenvalue weighted by Gasteiger charge is -2.22. The highest BCUT2D eigenvalue weighted by Gasteiger charge is 2.15. The standard InChI is InChI=1S/C12H19O2P.ClH/c1-5-12(3,4)14-15-13-11-9-7-6-8-10(11)2;/h6-9,15H,5H2,1-4H3;1H. The molecule has 1 aromatic rings. The van der Waals surface area contributed by atoms with Crippen molar-refractivity contribution in [2.45, 2.75) is 39.7 Å². The zero-order valence-electron chi connectivity index (χ0n) is 10.2. The lowest BCUT2D eigenvalue weighted by molar-refractivity contribution is 0.117. The SMILES string of the molecule is CCC(C)(C)OPOc1ccccc1C.Cl. The van der Waals surface area contributed by atoms with E-state index in [2.05, 4.69) is 20.8 Å². The normalized spacial score (nSPS) is 11.5. The van der Waals surface area contributed by atoms with Crippen LogP contribution in [0.3, 0.4) is 0 Å². The molecular weight excluding hydrogens is 243 g/mol. The molecule has 2 nitrogen and oxygen atoms in total. The van der Waals surface area contributed by atoms with Gasteiger partial charge in [-0.1, -0.05) is 25.1 Å². The van der Waals surface area contributed by atoms with E-state index in [1.54, 1.807) is 0 Å². The van der Waals surface area contributed by atoms with Crippen molar-refractivity contribution in [2.75, 3.05) is 0 Å². The average Bonchev–Trinajstić information content (AvgIpc) is 2.21. The summed E-state index contributed by atoms with van der Waals surface area (Å²) in [6.07, 6.45) is 0.983. The predicted molar refractivity (Wildman–Crippen MR) is 72.8 cm³/mol. The third-order valence-corrected chi connectivity index (χ3v) is 3.35. The van der Waals surface area contributed by atoms with Gasteiger partial charge in [0.1, 0.15) is 5.75 Å². The first-order valence-electron chi connectivity index (χ1n) is 5.20. The van der Waals surface area contributed by atoms with E-state index in [9.17, 15) is 0 Å². The molecule has 0 spiro atoms. The number of hydrogen-bond acceptors (Lipinski definition) is 2. The zero-order valence-corrected chi connectivity index (χ0v) is 12.1. The second-order valence-corrected chi connectivity index (χ2v) is 4.74. The van der Waals surface area contributed by atoms with Crippen molar-refractivity contribution >= 4 is 21.4 Å². The van der Waals surface area contributed by atoms with Crippen molar-refractivity contribution in [3.05, 3.63) is 29.8 Å². The molecule has 0 N–H and O–H groups in total. The Hall–Kier alpha value is -0.300. The van der Waals surface area contributed by atoms with E-state index in [-0.39, 0.29) is 27.0 Å². The molecule has 0 bridgehead atoms. The van der Waals surface area contributed by atoms with Crippen LogP contribution in [0.2, 0.25) is 0 Å². The maximum absolute atomic E-state index is 5.64. The summed E-state index contributed by atoms with van der Waals surface area (Å²) < 4.78 is 11.2. The van der Waals surface area contributed by atoms with Crippen LogP contribution in [0.15, 0.2) is 24.3 Å². The minimum Gasteiger partial charge on any atom is -0.449 e. The highest BCUT2D eigenvalue weighted by Crippen LogP contribution is 2.30. The Morgan fingerprint density at radius 2 is 1.88 bits per heavy atom. The van der Waals surface area contributed by atoms with Crippen LogP contribution in [0.1, 0.15) is 32.8 Å².